The fraction of sp³-hybridized carbons (Fsp3) is 0.750. The number of nitrogens with one attached hydrogen (secondary N) is 2. The van der Waals surface area contributed by atoms with Crippen molar-refractivity contribution in [3.05, 3.63) is 11.8 Å². The maximum Gasteiger partial charge on any atom is 0.228 e. The smallest absolute Gasteiger partial charge is 0.228 e. The van der Waals surface area contributed by atoms with Gasteiger partial charge in [0.1, 0.15) is 0 Å². The van der Waals surface area contributed by atoms with E-state index in [1.807, 2.05) is 6.07 Å². The number of ether oxygens (including phenoxy) is 1. The minimum Gasteiger partial charge on any atom is -0.378 e. The summed E-state index contributed by atoms with van der Waals surface area (Å²) in [5, 5.41) is 10.2. The molecule has 0 bridgehead atoms. The van der Waals surface area contributed by atoms with E-state index in [1.165, 1.54) is 37.8 Å². The van der Waals surface area contributed by atoms with Gasteiger partial charge >= 0.3 is 0 Å². The van der Waals surface area contributed by atoms with Crippen LogP contribution in [-0.2, 0) is 9.53 Å². The van der Waals surface area contributed by atoms with E-state index in [0.717, 1.165) is 25.9 Å². The van der Waals surface area contributed by atoms with E-state index >= 15 is 0 Å². The predicted octanol–water partition coefficient (Wildman–Crippen LogP) is 3.36. The highest BCUT2D eigenvalue weighted by Gasteiger charge is 2.20. The van der Waals surface area contributed by atoms with E-state index < -0.39 is 0 Å². The average Bonchev–Trinajstić information content (AvgIpc) is 2.97. The van der Waals surface area contributed by atoms with Crippen molar-refractivity contribution in [1.82, 2.24) is 10.2 Å². The lowest BCUT2D eigenvalue weighted by atomic mass is 9.87. The van der Waals surface area contributed by atoms with E-state index in [2.05, 4.69) is 15.5 Å². The van der Waals surface area contributed by atoms with Gasteiger partial charge in [-0.25, -0.2) is 0 Å². The molecule has 0 spiro atoms. The molecule has 2 fully saturated rings. The maximum atomic E-state index is 12.0. The lowest BCUT2D eigenvalue weighted by Crippen LogP contribution is -2.25. The molecule has 2 N–H and O–H groups in total. The van der Waals surface area contributed by atoms with Gasteiger partial charge in [0.05, 0.1) is 12.5 Å². The van der Waals surface area contributed by atoms with Crippen molar-refractivity contribution in [3.8, 4) is 0 Å². The van der Waals surface area contributed by atoms with Crippen LogP contribution in [0.25, 0.3) is 0 Å². The zero-order chi connectivity index (χ0) is 14.5. The van der Waals surface area contributed by atoms with Crippen LogP contribution in [0.2, 0.25) is 0 Å². The summed E-state index contributed by atoms with van der Waals surface area (Å²) in [7, 11) is 0. The van der Waals surface area contributed by atoms with Gasteiger partial charge in [0.15, 0.2) is 5.82 Å². The molecule has 0 radical (unpaired) electrons. The first-order valence-electron chi connectivity index (χ1n) is 8.28. The Hall–Kier alpha value is -1.36. The highest BCUT2D eigenvalue weighted by Crippen LogP contribution is 2.32. The second-order valence-corrected chi connectivity index (χ2v) is 6.28. The zero-order valence-corrected chi connectivity index (χ0v) is 12.6. The van der Waals surface area contributed by atoms with Gasteiger partial charge in [0, 0.05) is 24.3 Å². The zero-order valence-electron chi connectivity index (χ0n) is 12.6. The monoisotopic (exact) mass is 291 g/mol. The Bertz CT molecular complexity index is 460. The number of aromatic amines is 1. The summed E-state index contributed by atoms with van der Waals surface area (Å²) in [6, 6.07) is 2.00. The molecule has 1 atom stereocenters. The largest absolute Gasteiger partial charge is 0.378 e. The second kappa shape index (κ2) is 7.07. The number of H-pyrrole nitrogens is 1. The second-order valence-electron chi connectivity index (χ2n) is 6.28. The van der Waals surface area contributed by atoms with Crippen molar-refractivity contribution < 1.29 is 9.53 Å². The lowest BCUT2D eigenvalue weighted by molar-refractivity contribution is -0.119. The SMILES string of the molecule is O=C(CC1CCCCO1)Nc1cc(C2CCCCC2)[nH]n1. The lowest BCUT2D eigenvalue weighted by Gasteiger charge is -2.21. The molecule has 1 saturated heterocycles. The minimum atomic E-state index is 0.00333. The van der Waals surface area contributed by atoms with Crippen molar-refractivity contribution >= 4 is 11.7 Å². The van der Waals surface area contributed by atoms with Gasteiger partial charge in [-0.1, -0.05) is 19.3 Å². The third kappa shape index (κ3) is 4.06. The number of anilines is 1. The fourth-order valence-corrected chi connectivity index (χ4v) is 3.39. The number of hydrogen-bond acceptors (Lipinski definition) is 3. The molecule has 1 aromatic heterocycles. The van der Waals surface area contributed by atoms with Gasteiger partial charge in [-0.15, -0.1) is 0 Å². The summed E-state index contributed by atoms with van der Waals surface area (Å²) in [4.78, 5) is 12.0. The molecule has 21 heavy (non-hydrogen) atoms. The minimum absolute atomic E-state index is 0.00333. The number of aromatic nitrogens is 2. The number of amides is 1. The Balaban J connectivity index is 1.50. The van der Waals surface area contributed by atoms with E-state index in [-0.39, 0.29) is 12.0 Å². The van der Waals surface area contributed by atoms with Gasteiger partial charge in [-0.3, -0.25) is 9.89 Å². The van der Waals surface area contributed by atoms with Crippen molar-refractivity contribution in [1.29, 1.82) is 0 Å². The number of hydrogen-bond donors (Lipinski definition) is 2. The summed E-state index contributed by atoms with van der Waals surface area (Å²) in [5.74, 6) is 1.23. The van der Waals surface area contributed by atoms with E-state index in [4.69, 9.17) is 4.74 Å². The van der Waals surface area contributed by atoms with Crippen molar-refractivity contribution in [2.75, 3.05) is 11.9 Å². The highest BCUT2D eigenvalue weighted by atomic mass is 16.5. The van der Waals surface area contributed by atoms with Gasteiger partial charge in [0.25, 0.3) is 0 Å². The van der Waals surface area contributed by atoms with Crippen molar-refractivity contribution in [2.24, 2.45) is 0 Å². The molecule has 5 nitrogen and oxygen atoms in total. The fourth-order valence-electron chi connectivity index (χ4n) is 3.39. The van der Waals surface area contributed by atoms with Crippen LogP contribution < -0.4 is 5.32 Å². The first-order chi connectivity index (χ1) is 10.3. The van der Waals surface area contributed by atoms with Gasteiger partial charge in [-0.05, 0) is 32.1 Å². The number of carbonyl (C=O) groups excluding carboxylic acids is 1. The van der Waals surface area contributed by atoms with Gasteiger partial charge in [-0.2, -0.15) is 5.10 Å². The third-order valence-electron chi connectivity index (χ3n) is 4.60. The highest BCUT2D eigenvalue weighted by molar-refractivity contribution is 5.90. The van der Waals surface area contributed by atoms with Crippen LogP contribution in [0, 0.1) is 0 Å². The van der Waals surface area contributed by atoms with Crippen LogP contribution in [-0.4, -0.2) is 28.8 Å². The molecule has 1 amide bonds. The first kappa shape index (κ1) is 14.6. The normalized spacial score (nSPS) is 23.9. The molecule has 1 aliphatic heterocycles. The summed E-state index contributed by atoms with van der Waals surface area (Å²) >= 11 is 0. The Morgan fingerprint density at radius 1 is 1.24 bits per heavy atom. The van der Waals surface area contributed by atoms with Crippen molar-refractivity contribution in [2.45, 2.75) is 69.8 Å². The predicted molar refractivity (Wildman–Crippen MR) is 81.3 cm³/mol. The summed E-state index contributed by atoms with van der Waals surface area (Å²) in [6.45, 7) is 0.784. The molecule has 116 valence electrons. The maximum absolute atomic E-state index is 12.0. The van der Waals surface area contributed by atoms with Crippen LogP contribution in [0.3, 0.4) is 0 Å². The number of rotatable bonds is 4. The summed E-state index contributed by atoms with van der Waals surface area (Å²) in [5.41, 5.74) is 1.17. The molecule has 2 aliphatic rings. The molecule has 3 rings (SSSR count). The van der Waals surface area contributed by atoms with Gasteiger partial charge < -0.3 is 10.1 Å². The standard InChI is InChI=1S/C16H25N3O2/c20-16(10-13-8-4-5-9-21-13)17-15-11-14(18-19-15)12-6-2-1-3-7-12/h11-13H,1-10H2,(H2,17,18,19,20). The van der Waals surface area contributed by atoms with E-state index in [9.17, 15) is 4.79 Å². The van der Waals surface area contributed by atoms with Crippen LogP contribution in [0.5, 0.6) is 0 Å². The molecular formula is C16H25N3O2. The Morgan fingerprint density at radius 2 is 2.05 bits per heavy atom. The first-order valence-corrected chi connectivity index (χ1v) is 8.28. The Labute approximate surface area is 125 Å². The Morgan fingerprint density at radius 3 is 2.81 bits per heavy atom. The van der Waals surface area contributed by atoms with Gasteiger partial charge in [0.2, 0.25) is 5.91 Å². The van der Waals surface area contributed by atoms with Crippen LogP contribution in [0.4, 0.5) is 5.82 Å². The molecule has 1 unspecified atom stereocenters. The molecule has 1 aromatic rings. The number of nitrogens with zero attached hydrogens (tertiary/aromatic N) is 1. The molecule has 2 heterocycles. The topological polar surface area (TPSA) is 67.0 Å². The molecule has 1 saturated carbocycles. The number of carbonyl (C=O) groups is 1. The molecule has 1 aliphatic carbocycles. The molecule has 5 heteroatoms. The Kier molecular flexibility index (Phi) is 4.91. The third-order valence-corrected chi connectivity index (χ3v) is 4.60. The average molecular weight is 291 g/mol. The van der Waals surface area contributed by atoms with Crippen molar-refractivity contribution in [3.63, 3.8) is 0 Å². The summed E-state index contributed by atoms with van der Waals surface area (Å²) in [6.07, 6.45) is 10.2. The quantitative estimate of drug-likeness (QED) is 0.894. The summed E-state index contributed by atoms with van der Waals surface area (Å²) < 4.78 is 5.60. The molecular weight excluding hydrogens is 266 g/mol. The van der Waals surface area contributed by atoms with E-state index in [0.29, 0.717) is 18.2 Å². The van der Waals surface area contributed by atoms with Crippen LogP contribution >= 0.6 is 0 Å². The van der Waals surface area contributed by atoms with E-state index in [1.54, 1.807) is 0 Å². The van der Waals surface area contributed by atoms with Crippen LogP contribution in [0.15, 0.2) is 6.07 Å². The molecule has 0 aromatic carbocycles. The van der Waals surface area contributed by atoms with Crippen LogP contribution in [0.1, 0.15) is 69.4 Å².